The summed E-state index contributed by atoms with van der Waals surface area (Å²) < 4.78 is 85.9. The normalized spacial score (nSPS) is 11.4. The van der Waals surface area contributed by atoms with Crippen molar-refractivity contribution in [2.75, 3.05) is 0 Å². The number of aromatic amines is 1. The van der Waals surface area contributed by atoms with Crippen LogP contribution < -0.4 is 16.0 Å². The van der Waals surface area contributed by atoms with Crippen LogP contribution in [0.3, 0.4) is 0 Å². The van der Waals surface area contributed by atoms with Crippen LogP contribution in [0.15, 0.2) is 47.4 Å². The van der Waals surface area contributed by atoms with E-state index in [0.717, 1.165) is 12.3 Å². The van der Waals surface area contributed by atoms with Crippen LogP contribution in [-0.4, -0.2) is 10.9 Å². The molecule has 0 spiro atoms. The van der Waals surface area contributed by atoms with Crippen LogP contribution in [-0.2, 0) is 6.18 Å². The third-order valence-corrected chi connectivity index (χ3v) is 3.98. The lowest BCUT2D eigenvalue weighted by Gasteiger charge is -2.18. The molecule has 3 aromatic rings. The Kier molecular flexibility index (Phi) is 5.29. The number of aromatic nitrogens is 1. The summed E-state index contributed by atoms with van der Waals surface area (Å²) in [5.41, 5.74) is 1.77. The van der Waals surface area contributed by atoms with Crippen molar-refractivity contribution in [3.05, 3.63) is 81.5 Å². The van der Waals surface area contributed by atoms with Crippen LogP contribution >= 0.6 is 0 Å². The molecular formula is C19H10F6N2O3. The molecule has 156 valence electrons. The molecule has 0 radical (unpaired) electrons. The van der Waals surface area contributed by atoms with Gasteiger partial charge in [-0.25, -0.2) is 8.78 Å². The van der Waals surface area contributed by atoms with Gasteiger partial charge in [-0.15, -0.1) is 0 Å². The minimum atomic E-state index is -4.91. The summed E-state index contributed by atoms with van der Waals surface area (Å²) in [5, 5.41) is 0. The molecule has 0 aliphatic carbocycles. The minimum Gasteiger partial charge on any atom is -0.453 e. The van der Waals surface area contributed by atoms with Gasteiger partial charge >= 0.3 is 6.18 Å². The van der Waals surface area contributed by atoms with E-state index in [1.807, 2.05) is 0 Å². The molecule has 30 heavy (non-hydrogen) atoms. The van der Waals surface area contributed by atoms with Gasteiger partial charge in [0.1, 0.15) is 5.75 Å². The maximum absolute atomic E-state index is 14.1. The van der Waals surface area contributed by atoms with E-state index in [4.69, 9.17) is 10.5 Å². The number of nitrogens with one attached hydrogen (secondary N) is 1. The number of H-pyrrole nitrogens is 1. The third kappa shape index (κ3) is 4.00. The van der Waals surface area contributed by atoms with Crippen molar-refractivity contribution in [2.24, 2.45) is 5.73 Å². The number of nitrogens with two attached hydrogens (primary N) is 1. The number of alkyl halides is 3. The number of halogens is 6. The van der Waals surface area contributed by atoms with Crippen molar-refractivity contribution in [1.29, 1.82) is 0 Å². The van der Waals surface area contributed by atoms with Crippen molar-refractivity contribution in [1.82, 2.24) is 4.98 Å². The van der Waals surface area contributed by atoms with Crippen LogP contribution in [0.25, 0.3) is 11.1 Å². The Morgan fingerprint density at radius 2 is 1.70 bits per heavy atom. The Morgan fingerprint density at radius 3 is 2.30 bits per heavy atom. The van der Waals surface area contributed by atoms with Gasteiger partial charge in [-0.2, -0.15) is 17.6 Å². The maximum atomic E-state index is 14.1. The number of hydrogen-bond donors (Lipinski definition) is 2. The summed E-state index contributed by atoms with van der Waals surface area (Å²) in [7, 11) is 0. The van der Waals surface area contributed by atoms with Gasteiger partial charge in [-0.3, -0.25) is 9.59 Å². The van der Waals surface area contributed by atoms with E-state index in [0.29, 0.717) is 24.3 Å². The van der Waals surface area contributed by atoms with Gasteiger partial charge in [0.05, 0.1) is 11.1 Å². The van der Waals surface area contributed by atoms with Crippen molar-refractivity contribution in [3.63, 3.8) is 0 Å². The quantitative estimate of drug-likeness (QED) is 0.478. The van der Waals surface area contributed by atoms with E-state index in [-0.39, 0.29) is 5.56 Å². The van der Waals surface area contributed by atoms with Crippen molar-refractivity contribution >= 4 is 5.91 Å². The fraction of sp³-hybridized carbons (Fsp3) is 0.0526. The van der Waals surface area contributed by atoms with Gasteiger partial charge in [0.2, 0.25) is 11.4 Å². The average molecular weight is 428 g/mol. The van der Waals surface area contributed by atoms with Crippen LogP contribution in [0.1, 0.15) is 15.9 Å². The first-order valence-electron chi connectivity index (χ1n) is 8.04. The minimum absolute atomic E-state index is 0.134. The smallest absolute Gasteiger partial charge is 0.416 e. The molecule has 2 aromatic carbocycles. The zero-order valence-electron chi connectivity index (χ0n) is 14.6. The summed E-state index contributed by atoms with van der Waals surface area (Å²) in [6.45, 7) is 0. The molecule has 0 fully saturated rings. The first kappa shape index (κ1) is 21.0. The molecular weight excluding hydrogens is 418 g/mol. The van der Waals surface area contributed by atoms with Crippen LogP contribution in [0.5, 0.6) is 11.5 Å². The second-order valence-corrected chi connectivity index (χ2v) is 5.98. The molecule has 0 atom stereocenters. The van der Waals surface area contributed by atoms with Crippen molar-refractivity contribution in [3.8, 4) is 22.6 Å². The Hall–Kier alpha value is -3.76. The van der Waals surface area contributed by atoms with Gasteiger partial charge in [0.15, 0.2) is 17.4 Å². The van der Waals surface area contributed by atoms with Crippen molar-refractivity contribution < 1.29 is 35.9 Å². The lowest BCUT2D eigenvalue weighted by atomic mass is 9.98. The second kappa shape index (κ2) is 7.58. The average Bonchev–Trinajstić information content (AvgIpc) is 2.67. The van der Waals surface area contributed by atoms with Crippen LogP contribution in [0.2, 0.25) is 0 Å². The fourth-order valence-corrected chi connectivity index (χ4v) is 2.61. The molecule has 3 N–H and O–H groups in total. The Labute approximate surface area is 163 Å². The van der Waals surface area contributed by atoms with E-state index >= 15 is 0 Å². The van der Waals surface area contributed by atoms with Crippen molar-refractivity contribution in [2.45, 2.75) is 6.18 Å². The van der Waals surface area contributed by atoms with E-state index in [9.17, 15) is 35.9 Å². The molecule has 0 saturated carbocycles. The predicted molar refractivity (Wildman–Crippen MR) is 92.4 cm³/mol. The third-order valence-electron chi connectivity index (χ3n) is 3.98. The Morgan fingerprint density at radius 1 is 1.00 bits per heavy atom. The topological polar surface area (TPSA) is 85.2 Å². The summed E-state index contributed by atoms with van der Waals surface area (Å²) in [6.07, 6.45) is -3.80. The van der Waals surface area contributed by atoms with Gasteiger partial charge in [0.25, 0.3) is 5.91 Å². The van der Waals surface area contributed by atoms with E-state index in [1.54, 1.807) is 0 Å². The largest absolute Gasteiger partial charge is 0.453 e. The molecule has 0 unspecified atom stereocenters. The molecule has 0 saturated heterocycles. The van der Waals surface area contributed by atoms with E-state index in [1.165, 1.54) is 6.07 Å². The van der Waals surface area contributed by atoms with Gasteiger partial charge in [-0.05, 0) is 35.9 Å². The molecule has 0 bridgehead atoms. The zero-order valence-corrected chi connectivity index (χ0v) is 14.6. The molecule has 5 nitrogen and oxygen atoms in total. The molecule has 0 aliphatic heterocycles. The van der Waals surface area contributed by atoms with Gasteiger partial charge in [-0.1, -0.05) is 0 Å². The molecule has 1 heterocycles. The van der Waals surface area contributed by atoms with Crippen LogP contribution in [0.4, 0.5) is 26.3 Å². The lowest BCUT2D eigenvalue weighted by Crippen LogP contribution is -2.16. The first-order valence-corrected chi connectivity index (χ1v) is 8.04. The first-order chi connectivity index (χ1) is 14.0. The predicted octanol–water partition coefficient (Wildman–Crippen LogP) is 4.37. The summed E-state index contributed by atoms with van der Waals surface area (Å²) >= 11 is 0. The molecule has 3 rings (SSSR count). The number of carbonyl (C=O) groups excluding carboxylic acids is 1. The van der Waals surface area contributed by atoms with Crippen LogP contribution in [0, 0.1) is 17.5 Å². The number of amides is 1. The molecule has 11 heteroatoms. The summed E-state index contributed by atoms with van der Waals surface area (Å²) in [5.74, 6) is -8.16. The number of pyridine rings is 1. The van der Waals surface area contributed by atoms with E-state index < -0.39 is 63.3 Å². The number of primary amides is 1. The second-order valence-electron chi connectivity index (χ2n) is 5.98. The lowest BCUT2D eigenvalue weighted by molar-refractivity contribution is -0.137. The van der Waals surface area contributed by atoms with Gasteiger partial charge < -0.3 is 15.5 Å². The molecule has 1 aromatic heterocycles. The maximum Gasteiger partial charge on any atom is 0.416 e. The number of hydrogen-bond acceptors (Lipinski definition) is 3. The highest BCUT2D eigenvalue weighted by molar-refractivity contribution is 5.99. The number of ether oxygens (including phenoxy) is 1. The highest BCUT2D eigenvalue weighted by atomic mass is 19.4. The molecule has 0 aliphatic rings. The Bertz CT molecular complexity index is 1200. The van der Waals surface area contributed by atoms with E-state index in [2.05, 4.69) is 4.98 Å². The standard InChI is InChI=1S/C19H10F6N2O3/c20-12-1-2-13(16(22)15(12)21)30-17-10(8-3-4-27-14(28)5-8)6-9(19(23,24)25)7-11(17)18(26)29/h1-7H,(H2,26,29)(H,27,28). The highest BCUT2D eigenvalue weighted by Gasteiger charge is 2.34. The SMILES string of the molecule is NC(=O)c1cc(C(F)(F)F)cc(-c2cc[nH]c(=O)c2)c1Oc1ccc(F)c(F)c1F. The number of rotatable bonds is 4. The molecule has 1 amide bonds. The summed E-state index contributed by atoms with van der Waals surface area (Å²) in [4.78, 5) is 25.7. The Balaban J connectivity index is 2.33. The zero-order chi connectivity index (χ0) is 22.2. The number of benzene rings is 2. The summed E-state index contributed by atoms with van der Waals surface area (Å²) in [6, 6.07) is 4.21. The monoisotopic (exact) mass is 428 g/mol. The fourth-order valence-electron chi connectivity index (χ4n) is 2.61. The highest BCUT2D eigenvalue weighted by Crippen LogP contribution is 2.42. The number of carbonyl (C=O) groups is 1. The van der Waals surface area contributed by atoms with Gasteiger partial charge in [0, 0.05) is 17.8 Å².